The average molecular weight is 346 g/mol. The number of nitro groups is 1. The van der Waals surface area contributed by atoms with E-state index in [2.05, 4.69) is 42.6 Å². The van der Waals surface area contributed by atoms with E-state index >= 15 is 0 Å². The summed E-state index contributed by atoms with van der Waals surface area (Å²) in [7, 11) is 4.20. The predicted octanol–water partition coefficient (Wildman–Crippen LogP) is 3.22. The van der Waals surface area contributed by atoms with Crippen LogP contribution in [0.5, 0.6) is 0 Å². The number of rotatable bonds is 5. The van der Waals surface area contributed by atoms with Gasteiger partial charge in [-0.3, -0.25) is 10.1 Å². The molecular weight excluding hydrogens is 316 g/mol. The summed E-state index contributed by atoms with van der Waals surface area (Å²) in [6.45, 7) is 9.49. The summed E-state index contributed by atoms with van der Waals surface area (Å²) in [6, 6.07) is 5.62. The van der Waals surface area contributed by atoms with Gasteiger partial charge >= 0.3 is 0 Å². The highest BCUT2D eigenvalue weighted by atomic mass is 16.6. The first-order valence-electron chi connectivity index (χ1n) is 9.18. The van der Waals surface area contributed by atoms with Gasteiger partial charge in [0.1, 0.15) is 5.69 Å². The third kappa shape index (κ3) is 4.06. The average Bonchev–Trinajstić information content (AvgIpc) is 2.49. The molecule has 0 aromatic heterocycles. The maximum atomic E-state index is 11.5. The van der Waals surface area contributed by atoms with Gasteiger partial charge in [0.25, 0.3) is 5.69 Å². The standard InChI is InChI=1S/C19H30N4O2/c1-19(2)7-9-21(10-8-19)18-11-16(5-6-17(18)23(24)25)22-13-15(14-22)12-20(3)4/h5-6,11,15H,7-10,12-14H2,1-4H3. The SMILES string of the molecule is CN(C)CC1CN(c2ccc([N+](=O)[O-])c(N3CCC(C)(C)CC3)c2)C1. The minimum absolute atomic E-state index is 0.230. The van der Waals surface area contributed by atoms with E-state index in [0.29, 0.717) is 11.3 Å². The molecule has 25 heavy (non-hydrogen) atoms. The normalized spacial score (nSPS) is 20.7. The second-order valence-corrected chi connectivity index (χ2v) is 8.61. The minimum atomic E-state index is -0.246. The molecule has 6 nitrogen and oxygen atoms in total. The molecule has 0 saturated carbocycles. The lowest BCUT2D eigenvalue weighted by Gasteiger charge is -2.43. The third-order valence-electron chi connectivity index (χ3n) is 5.56. The van der Waals surface area contributed by atoms with Crippen molar-refractivity contribution in [3.8, 4) is 0 Å². The van der Waals surface area contributed by atoms with Gasteiger partial charge in [0.05, 0.1) is 4.92 Å². The van der Waals surface area contributed by atoms with E-state index in [-0.39, 0.29) is 10.6 Å². The Morgan fingerprint density at radius 2 is 1.84 bits per heavy atom. The summed E-state index contributed by atoms with van der Waals surface area (Å²) in [4.78, 5) is 18.0. The van der Waals surface area contributed by atoms with Crippen molar-refractivity contribution in [1.29, 1.82) is 0 Å². The van der Waals surface area contributed by atoms with Crippen molar-refractivity contribution in [2.24, 2.45) is 11.3 Å². The van der Waals surface area contributed by atoms with E-state index in [1.807, 2.05) is 12.1 Å². The molecule has 2 saturated heterocycles. The van der Waals surface area contributed by atoms with Crippen LogP contribution < -0.4 is 9.80 Å². The second-order valence-electron chi connectivity index (χ2n) is 8.61. The zero-order chi connectivity index (χ0) is 18.2. The summed E-state index contributed by atoms with van der Waals surface area (Å²) >= 11 is 0. The fraction of sp³-hybridized carbons (Fsp3) is 0.684. The first-order valence-corrected chi connectivity index (χ1v) is 9.18. The van der Waals surface area contributed by atoms with Crippen molar-refractivity contribution in [2.75, 3.05) is 56.6 Å². The van der Waals surface area contributed by atoms with Crippen LogP contribution in [0.1, 0.15) is 26.7 Å². The van der Waals surface area contributed by atoms with Crippen molar-refractivity contribution in [3.05, 3.63) is 28.3 Å². The lowest BCUT2D eigenvalue weighted by molar-refractivity contribution is -0.384. The molecule has 0 radical (unpaired) electrons. The van der Waals surface area contributed by atoms with Crippen LogP contribution in [0, 0.1) is 21.4 Å². The Hall–Kier alpha value is -1.82. The lowest BCUT2D eigenvalue weighted by Crippen LogP contribution is -2.50. The molecule has 0 aliphatic carbocycles. The Balaban J connectivity index is 1.76. The molecule has 2 fully saturated rings. The molecule has 3 rings (SSSR count). The second kappa shape index (κ2) is 6.83. The van der Waals surface area contributed by atoms with Gasteiger partial charge in [-0.15, -0.1) is 0 Å². The smallest absolute Gasteiger partial charge is 0.292 e. The van der Waals surface area contributed by atoms with Gasteiger partial charge < -0.3 is 14.7 Å². The molecule has 0 unspecified atom stereocenters. The van der Waals surface area contributed by atoms with E-state index in [4.69, 9.17) is 0 Å². The van der Waals surface area contributed by atoms with Crippen LogP contribution in [0.15, 0.2) is 18.2 Å². The van der Waals surface area contributed by atoms with E-state index in [9.17, 15) is 10.1 Å². The summed E-state index contributed by atoms with van der Waals surface area (Å²) in [5.74, 6) is 0.685. The first-order chi connectivity index (χ1) is 11.7. The fourth-order valence-electron chi connectivity index (χ4n) is 3.88. The number of benzene rings is 1. The summed E-state index contributed by atoms with van der Waals surface area (Å²) in [5, 5.41) is 11.5. The maximum absolute atomic E-state index is 11.5. The number of anilines is 2. The molecule has 2 aliphatic rings. The van der Waals surface area contributed by atoms with Gasteiger partial charge in [-0.25, -0.2) is 0 Å². The fourth-order valence-corrected chi connectivity index (χ4v) is 3.88. The minimum Gasteiger partial charge on any atom is -0.371 e. The van der Waals surface area contributed by atoms with Crippen LogP contribution in [0.3, 0.4) is 0 Å². The Morgan fingerprint density at radius 1 is 1.20 bits per heavy atom. The van der Waals surface area contributed by atoms with E-state index in [0.717, 1.165) is 56.9 Å². The van der Waals surface area contributed by atoms with Crippen LogP contribution in [0.4, 0.5) is 17.1 Å². The van der Waals surface area contributed by atoms with Crippen LogP contribution in [0.2, 0.25) is 0 Å². The third-order valence-corrected chi connectivity index (χ3v) is 5.56. The van der Waals surface area contributed by atoms with E-state index in [1.54, 1.807) is 6.07 Å². The number of hydrogen-bond donors (Lipinski definition) is 0. The maximum Gasteiger partial charge on any atom is 0.292 e. The monoisotopic (exact) mass is 346 g/mol. The van der Waals surface area contributed by atoms with Crippen LogP contribution in [0.25, 0.3) is 0 Å². The van der Waals surface area contributed by atoms with Crippen molar-refractivity contribution < 1.29 is 4.92 Å². The largest absolute Gasteiger partial charge is 0.371 e. The zero-order valence-corrected chi connectivity index (χ0v) is 15.9. The molecule has 1 aromatic carbocycles. The lowest BCUT2D eigenvalue weighted by atomic mass is 9.82. The molecular formula is C19H30N4O2. The molecule has 0 N–H and O–H groups in total. The number of piperidine rings is 1. The van der Waals surface area contributed by atoms with Gasteiger partial charge in [0.2, 0.25) is 0 Å². The van der Waals surface area contributed by atoms with Gasteiger partial charge in [0, 0.05) is 50.4 Å². The zero-order valence-electron chi connectivity index (χ0n) is 15.9. The van der Waals surface area contributed by atoms with E-state index in [1.165, 1.54) is 0 Å². The summed E-state index contributed by atoms with van der Waals surface area (Å²) in [6.07, 6.45) is 2.14. The molecule has 1 aromatic rings. The van der Waals surface area contributed by atoms with Crippen molar-refractivity contribution in [2.45, 2.75) is 26.7 Å². The molecule has 0 bridgehead atoms. The molecule has 0 spiro atoms. The number of hydrogen-bond acceptors (Lipinski definition) is 5. The highest BCUT2D eigenvalue weighted by molar-refractivity contribution is 5.71. The predicted molar refractivity (Wildman–Crippen MR) is 103 cm³/mol. The van der Waals surface area contributed by atoms with Gasteiger partial charge in [-0.2, -0.15) is 0 Å². The van der Waals surface area contributed by atoms with Gasteiger partial charge in [0.15, 0.2) is 0 Å². The molecule has 138 valence electrons. The van der Waals surface area contributed by atoms with Crippen molar-refractivity contribution in [1.82, 2.24) is 4.90 Å². The van der Waals surface area contributed by atoms with Gasteiger partial charge in [-0.05, 0) is 44.5 Å². The Labute approximate surface area is 150 Å². The molecule has 0 amide bonds. The number of nitro benzene ring substituents is 1. The molecule has 0 atom stereocenters. The Bertz CT molecular complexity index is 628. The summed E-state index contributed by atoms with van der Waals surface area (Å²) in [5.41, 5.74) is 2.46. The van der Waals surface area contributed by atoms with Crippen molar-refractivity contribution in [3.63, 3.8) is 0 Å². The molecule has 2 aliphatic heterocycles. The van der Waals surface area contributed by atoms with E-state index < -0.39 is 0 Å². The Morgan fingerprint density at radius 3 is 2.40 bits per heavy atom. The van der Waals surface area contributed by atoms with Crippen LogP contribution in [-0.4, -0.2) is 56.6 Å². The van der Waals surface area contributed by atoms with Crippen molar-refractivity contribution >= 4 is 17.1 Å². The summed E-state index contributed by atoms with van der Waals surface area (Å²) < 4.78 is 0. The molecule has 2 heterocycles. The highest BCUT2D eigenvalue weighted by Gasteiger charge is 2.31. The number of nitrogens with zero attached hydrogens (tertiary/aromatic N) is 4. The van der Waals surface area contributed by atoms with Crippen LogP contribution in [-0.2, 0) is 0 Å². The van der Waals surface area contributed by atoms with Crippen LogP contribution >= 0.6 is 0 Å². The Kier molecular flexibility index (Phi) is 4.91. The quantitative estimate of drug-likeness (QED) is 0.605. The van der Waals surface area contributed by atoms with Gasteiger partial charge in [-0.1, -0.05) is 13.8 Å². The first kappa shape index (κ1) is 18.0. The highest BCUT2D eigenvalue weighted by Crippen LogP contribution is 2.39. The topological polar surface area (TPSA) is 52.9 Å². The molecule has 6 heteroatoms.